The topological polar surface area (TPSA) is 8.17 Å². The number of rotatable bonds is 3. The lowest BCUT2D eigenvalue weighted by molar-refractivity contribution is -0.0419. The fraction of sp³-hybridized carbons (Fsp3) is 0.217. The summed E-state index contributed by atoms with van der Waals surface area (Å²) < 4.78 is 2.46. The minimum Gasteiger partial charge on any atom is -0.309 e. The van der Waals surface area contributed by atoms with Gasteiger partial charge in [-0.15, -0.1) is 0 Å². The van der Waals surface area contributed by atoms with Crippen molar-refractivity contribution in [2.24, 2.45) is 23.7 Å². The molecule has 232 valence electrons. The van der Waals surface area contributed by atoms with Gasteiger partial charge in [-0.3, -0.25) is 0 Å². The Hall–Kier alpha value is -5.08. The van der Waals surface area contributed by atoms with E-state index in [1.165, 1.54) is 87.8 Å². The molecule has 0 atom stereocenters. The van der Waals surface area contributed by atoms with Crippen molar-refractivity contribution >= 4 is 38.9 Å². The maximum absolute atomic E-state index is 2.62. The van der Waals surface area contributed by atoms with Crippen LogP contribution in [-0.4, -0.2) is 4.57 Å². The molecule has 5 aliphatic rings. The van der Waals surface area contributed by atoms with Crippen LogP contribution in [0.2, 0.25) is 0 Å². The molecule has 1 aliphatic heterocycles. The van der Waals surface area contributed by atoms with Crippen molar-refractivity contribution in [2.45, 2.75) is 37.5 Å². The van der Waals surface area contributed by atoms with E-state index in [9.17, 15) is 0 Å². The van der Waals surface area contributed by atoms with Crippen LogP contribution in [0.4, 0.5) is 17.1 Å². The first-order valence-electron chi connectivity index (χ1n) is 18.0. The van der Waals surface area contributed by atoms with Crippen molar-refractivity contribution in [1.82, 2.24) is 4.57 Å². The standard InChI is InChI=1S/C46H38N2/c1-2-11-32(12-3-1)33-21-23-36(24-22-33)47-40-16-7-4-13-37(40)45-43(47)19-10-20-44(45)48-41-17-8-5-14-38(41)46(39-15-6-9-18-42(39)48)34-26-30-25-31(28-34)29-35(46)27-30/h1-24,30-31,34-35H,25-29H2. The number of anilines is 3. The van der Waals surface area contributed by atoms with Crippen molar-refractivity contribution in [1.29, 1.82) is 0 Å². The van der Waals surface area contributed by atoms with Gasteiger partial charge in [0.25, 0.3) is 0 Å². The quantitative estimate of drug-likeness (QED) is 0.191. The summed E-state index contributed by atoms with van der Waals surface area (Å²) in [5, 5.41) is 2.60. The van der Waals surface area contributed by atoms with Crippen LogP contribution in [0.15, 0.2) is 146 Å². The van der Waals surface area contributed by atoms with Crippen molar-refractivity contribution in [2.75, 3.05) is 4.90 Å². The number of para-hydroxylation sites is 3. The van der Waals surface area contributed by atoms with Gasteiger partial charge < -0.3 is 9.47 Å². The highest BCUT2D eigenvalue weighted by atomic mass is 15.2. The predicted octanol–water partition coefficient (Wildman–Crippen LogP) is 12.0. The first-order valence-corrected chi connectivity index (χ1v) is 18.0. The van der Waals surface area contributed by atoms with Crippen LogP contribution < -0.4 is 4.90 Å². The van der Waals surface area contributed by atoms with Gasteiger partial charge in [0.2, 0.25) is 0 Å². The van der Waals surface area contributed by atoms with Gasteiger partial charge in [0.15, 0.2) is 0 Å². The van der Waals surface area contributed by atoms with Crippen molar-refractivity contribution in [3.8, 4) is 16.8 Å². The molecule has 4 fully saturated rings. The summed E-state index contributed by atoms with van der Waals surface area (Å²) in [7, 11) is 0. The third kappa shape index (κ3) is 3.53. The first kappa shape index (κ1) is 26.9. The zero-order valence-corrected chi connectivity index (χ0v) is 27.1. The van der Waals surface area contributed by atoms with E-state index in [-0.39, 0.29) is 5.41 Å². The molecular formula is C46H38N2. The van der Waals surface area contributed by atoms with E-state index in [2.05, 4.69) is 155 Å². The van der Waals surface area contributed by atoms with Gasteiger partial charge in [0.1, 0.15) is 0 Å². The average Bonchev–Trinajstić information content (AvgIpc) is 3.48. The van der Waals surface area contributed by atoms with Crippen LogP contribution in [0.25, 0.3) is 38.6 Å². The maximum atomic E-state index is 2.62. The van der Waals surface area contributed by atoms with Gasteiger partial charge >= 0.3 is 0 Å². The molecule has 0 amide bonds. The number of aromatic nitrogens is 1. The zero-order chi connectivity index (χ0) is 31.4. The van der Waals surface area contributed by atoms with Crippen LogP contribution in [0, 0.1) is 23.7 Å². The van der Waals surface area contributed by atoms with E-state index in [1.54, 1.807) is 11.1 Å². The predicted molar refractivity (Wildman–Crippen MR) is 199 cm³/mol. The third-order valence-corrected chi connectivity index (χ3v) is 12.8. The number of fused-ring (bicyclic) bond motifs is 5. The SMILES string of the molecule is c1ccc(-c2ccc(-n3c4ccccc4c4c(N5c6ccccc6C6(c7ccccc75)C5CC7CC(C5)CC6C7)cccc43)cc2)cc1. The lowest BCUT2D eigenvalue weighted by atomic mass is 9.41. The highest BCUT2D eigenvalue weighted by molar-refractivity contribution is 6.17. The summed E-state index contributed by atoms with van der Waals surface area (Å²) in [5.41, 5.74) is 13.4. The van der Waals surface area contributed by atoms with Crippen molar-refractivity contribution in [3.05, 3.63) is 157 Å². The van der Waals surface area contributed by atoms with E-state index in [4.69, 9.17) is 0 Å². The van der Waals surface area contributed by atoms with Crippen LogP contribution in [0.5, 0.6) is 0 Å². The summed E-state index contributed by atoms with van der Waals surface area (Å²) in [6.45, 7) is 0. The molecule has 4 aliphatic carbocycles. The minimum absolute atomic E-state index is 0.111. The molecule has 1 spiro atoms. The van der Waals surface area contributed by atoms with Crippen LogP contribution >= 0.6 is 0 Å². The van der Waals surface area contributed by atoms with E-state index in [0.717, 1.165) is 23.7 Å². The molecule has 0 unspecified atom stereocenters. The van der Waals surface area contributed by atoms with E-state index < -0.39 is 0 Å². The molecule has 48 heavy (non-hydrogen) atoms. The van der Waals surface area contributed by atoms with Gasteiger partial charge in [-0.2, -0.15) is 0 Å². The molecule has 6 aromatic carbocycles. The molecule has 2 nitrogen and oxygen atoms in total. The zero-order valence-electron chi connectivity index (χ0n) is 27.1. The van der Waals surface area contributed by atoms with Crippen LogP contribution in [-0.2, 0) is 5.41 Å². The minimum atomic E-state index is 0.111. The molecule has 1 aromatic heterocycles. The summed E-state index contributed by atoms with van der Waals surface area (Å²) in [6, 6.07) is 54.6. The molecule has 2 heteroatoms. The second-order valence-electron chi connectivity index (χ2n) is 15.0. The number of hydrogen-bond acceptors (Lipinski definition) is 1. The Labute approximate surface area is 282 Å². The molecule has 0 N–H and O–H groups in total. The van der Waals surface area contributed by atoms with Crippen molar-refractivity contribution in [3.63, 3.8) is 0 Å². The molecular weight excluding hydrogens is 581 g/mol. The normalized spacial score (nSPS) is 23.1. The van der Waals surface area contributed by atoms with Gasteiger partial charge in [0.05, 0.1) is 28.1 Å². The number of benzene rings is 6. The molecule has 0 radical (unpaired) electrons. The molecule has 7 aromatic rings. The fourth-order valence-electron chi connectivity index (χ4n) is 11.3. The summed E-state index contributed by atoms with van der Waals surface area (Å²) in [4.78, 5) is 2.62. The van der Waals surface area contributed by atoms with E-state index >= 15 is 0 Å². The molecule has 0 saturated heterocycles. The van der Waals surface area contributed by atoms with Crippen molar-refractivity contribution < 1.29 is 0 Å². The molecule has 12 rings (SSSR count). The van der Waals surface area contributed by atoms with Gasteiger partial charge in [-0.25, -0.2) is 0 Å². The number of hydrogen-bond donors (Lipinski definition) is 0. The number of nitrogens with zero attached hydrogens (tertiary/aromatic N) is 2. The van der Waals surface area contributed by atoms with Gasteiger partial charge in [-0.05, 0) is 120 Å². The highest BCUT2D eigenvalue weighted by Gasteiger charge is 2.61. The second-order valence-corrected chi connectivity index (χ2v) is 15.0. The summed E-state index contributed by atoms with van der Waals surface area (Å²) in [5.74, 6) is 3.32. The second kappa shape index (κ2) is 9.97. The lowest BCUT2D eigenvalue weighted by Gasteiger charge is -2.64. The Morgan fingerprint density at radius 1 is 0.438 bits per heavy atom. The smallest absolute Gasteiger partial charge is 0.0562 e. The Morgan fingerprint density at radius 2 is 0.979 bits per heavy atom. The Balaban J connectivity index is 1.15. The fourth-order valence-corrected chi connectivity index (χ4v) is 11.3. The third-order valence-electron chi connectivity index (χ3n) is 12.8. The van der Waals surface area contributed by atoms with Crippen LogP contribution in [0.3, 0.4) is 0 Å². The van der Waals surface area contributed by atoms with E-state index in [0.29, 0.717) is 0 Å². The van der Waals surface area contributed by atoms with E-state index in [1.807, 2.05) is 0 Å². The summed E-state index contributed by atoms with van der Waals surface area (Å²) in [6.07, 6.45) is 7.03. The molecule has 2 heterocycles. The molecule has 4 bridgehead atoms. The Bertz CT molecular complexity index is 2280. The van der Waals surface area contributed by atoms with Crippen LogP contribution in [0.1, 0.15) is 43.2 Å². The monoisotopic (exact) mass is 618 g/mol. The van der Waals surface area contributed by atoms with Gasteiger partial charge in [-0.1, -0.05) is 103 Å². The lowest BCUT2D eigenvalue weighted by Crippen LogP contribution is -2.57. The summed E-state index contributed by atoms with van der Waals surface area (Å²) >= 11 is 0. The first-order chi connectivity index (χ1) is 23.8. The largest absolute Gasteiger partial charge is 0.309 e. The average molecular weight is 619 g/mol. The maximum Gasteiger partial charge on any atom is 0.0562 e. The van der Waals surface area contributed by atoms with Gasteiger partial charge in [0, 0.05) is 21.9 Å². The Kier molecular flexibility index (Phi) is 5.59. The Morgan fingerprint density at radius 3 is 1.67 bits per heavy atom. The highest BCUT2D eigenvalue weighted by Crippen LogP contribution is 2.69. The molecule has 4 saturated carbocycles.